The van der Waals surface area contributed by atoms with Crippen LogP contribution in [0.2, 0.25) is 0 Å². The topological polar surface area (TPSA) is 65.0 Å². The largest absolute Gasteiger partial charge is 0.390 e. The summed E-state index contributed by atoms with van der Waals surface area (Å²) in [5, 5.41) is 26.8. The van der Waals surface area contributed by atoms with Gasteiger partial charge in [0, 0.05) is 32.7 Å². The van der Waals surface area contributed by atoms with E-state index in [1.165, 1.54) is 0 Å². The number of aliphatic hydroxyl groups excluding tert-OH is 2. The molecule has 2 atom stereocenters. The quantitative estimate of drug-likeness (QED) is 0.662. The van der Waals surface area contributed by atoms with Gasteiger partial charge in [0.25, 0.3) is 0 Å². The van der Waals surface area contributed by atoms with Crippen molar-refractivity contribution in [3.8, 4) is 0 Å². The second kappa shape index (κ2) is 7.94. The summed E-state index contributed by atoms with van der Waals surface area (Å²) in [6, 6.07) is 1.92. The highest BCUT2D eigenvalue weighted by Crippen LogP contribution is 2.14. The number of hydrogen-bond acceptors (Lipinski definition) is 6. The first kappa shape index (κ1) is 14.9. The first-order valence-electron chi connectivity index (χ1n) is 6.65. The number of β-amino-alcohol motifs (C(OH)–C–C–N with tert-alkyl or cyclic N) is 1. The van der Waals surface area contributed by atoms with Crippen molar-refractivity contribution in [1.82, 2.24) is 10.2 Å². The van der Waals surface area contributed by atoms with E-state index in [1.54, 1.807) is 11.3 Å². The first-order chi connectivity index (χ1) is 9.25. The molecule has 5 nitrogen and oxygen atoms in total. The summed E-state index contributed by atoms with van der Waals surface area (Å²) < 4.78 is 5.26. The van der Waals surface area contributed by atoms with Gasteiger partial charge in [-0.25, -0.2) is 0 Å². The Kier molecular flexibility index (Phi) is 6.22. The van der Waals surface area contributed by atoms with Gasteiger partial charge in [-0.05, 0) is 22.4 Å². The molecule has 1 aromatic rings. The van der Waals surface area contributed by atoms with Crippen LogP contribution in [0.15, 0.2) is 16.8 Å². The van der Waals surface area contributed by atoms with Crippen LogP contribution in [0.1, 0.15) is 11.7 Å². The van der Waals surface area contributed by atoms with Gasteiger partial charge in [-0.15, -0.1) is 0 Å². The molecule has 0 radical (unpaired) electrons. The second-order valence-corrected chi connectivity index (χ2v) is 5.58. The van der Waals surface area contributed by atoms with Gasteiger partial charge in [0.2, 0.25) is 0 Å². The Hall–Kier alpha value is -0.500. The first-order valence-corrected chi connectivity index (χ1v) is 7.59. The molecule has 19 heavy (non-hydrogen) atoms. The van der Waals surface area contributed by atoms with Gasteiger partial charge in [-0.3, -0.25) is 4.90 Å². The van der Waals surface area contributed by atoms with Crippen molar-refractivity contribution in [2.45, 2.75) is 12.2 Å². The highest BCUT2D eigenvalue weighted by atomic mass is 32.1. The predicted octanol–water partition coefficient (Wildman–Crippen LogP) is 0.0642. The molecule has 1 aliphatic rings. The monoisotopic (exact) mass is 286 g/mol. The number of ether oxygens (including phenoxy) is 1. The molecule has 2 unspecified atom stereocenters. The summed E-state index contributed by atoms with van der Waals surface area (Å²) in [5.74, 6) is 0. The number of nitrogens with one attached hydrogen (secondary N) is 1. The minimum Gasteiger partial charge on any atom is -0.390 e. The standard InChI is InChI=1S/C13H22N2O3S/c16-12(9-15-2-4-18-5-3-15)7-14-8-13(17)11-1-6-19-10-11/h1,6,10,12-14,16-17H,2-5,7-9H2. The van der Waals surface area contributed by atoms with E-state index in [0.29, 0.717) is 19.6 Å². The van der Waals surface area contributed by atoms with Gasteiger partial charge in [-0.2, -0.15) is 11.3 Å². The zero-order chi connectivity index (χ0) is 13.5. The average Bonchev–Trinajstić information content (AvgIpc) is 2.93. The lowest BCUT2D eigenvalue weighted by Crippen LogP contribution is -2.44. The van der Waals surface area contributed by atoms with Crippen molar-refractivity contribution >= 4 is 11.3 Å². The maximum absolute atomic E-state index is 9.92. The fourth-order valence-corrected chi connectivity index (χ4v) is 2.82. The van der Waals surface area contributed by atoms with Crippen molar-refractivity contribution in [3.63, 3.8) is 0 Å². The lowest BCUT2D eigenvalue weighted by atomic mass is 10.2. The van der Waals surface area contributed by atoms with Crippen molar-refractivity contribution in [2.24, 2.45) is 0 Å². The fraction of sp³-hybridized carbons (Fsp3) is 0.692. The summed E-state index contributed by atoms with van der Waals surface area (Å²) in [7, 11) is 0. The predicted molar refractivity (Wildman–Crippen MR) is 75.4 cm³/mol. The number of thiophene rings is 1. The molecule has 2 rings (SSSR count). The molecule has 0 spiro atoms. The van der Waals surface area contributed by atoms with Crippen LogP contribution in [-0.4, -0.2) is 67.2 Å². The Morgan fingerprint density at radius 2 is 2.11 bits per heavy atom. The Morgan fingerprint density at radius 1 is 1.32 bits per heavy atom. The van der Waals surface area contributed by atoms with Gasteiger partial charge >= 0.3 is 0 Å². The van der Waals surface area contributed by atoms with E-state index in [1.807, 2.05) is 16.8 Å². The van der Waals surface area contributed by atoms with Gasteiger partial charge in [0.15, 0.2) is 0 Å². The van der Waals surface area contributed by atoms with E-state index in [9.17, 15) is 10.2 Å². The Morgan fingerprint density at radius 3 is 2.79 bits per heavy atom. The average molecular weight is 286 g/mol. The Balaban J connectivity index is 1.59. The molecule has 1 aromatic heterocycles. The maximum Gasteiger partial charge on any atom is 0.0922 e. The van der Waals surface area contributed by atoms with Gasteiger partial charge in [0.05, 0.1) is 25.4 Å². The van der Waals surface area contributed by atoms with E-state index in [4.69, 9.17) is 4.74 Å². The highest BCUT2D eigenvalue weighted by Gasteiger charge is 2.15. The molecule has 1 aliphatic heterocycles. The summed E-state index contributed by atoms with van der Waals surface area (Å²) in [6.07, 6.45) is -0.908. The van der Waals surface area contributed by atoms with Gasteiger partial charge in [-0.1, -0.05) is 0 Å². The van der Waals surface area contributed by atoms with E-state index >= 15 is 0 Å². The summed E-state index contributed by atoms with van der Waals surface area (Å²) in [6.45, 7) is 4.89. The summed E-state index contributed by atoms with van der Waals surface area (Å²) in [5.41, 5.74) is 0.931. The molecule has 1 saturated heterocycles. The molecular formula is C13H22N2O3S. The molecule has 0 bridgehead atoms. The molecular weight excluding hydrogens is 264 g/mol. The number of hydrogen-bond donors (Lipinski definition) is 3. The third kappa shape index (κ3) is 5.18. The van der Waals surface area contributed by atoms with Crippen LogP contribution in [0.5, 0.6) is 0 Å². The Bertz CT molecular complexity index is 342. The zero-order valence-electron chi connectivity index (χ0n) is 11.0. The number of rotatable bonds is 7. The van der Waals surface area contributed by atoms with Crippen LogP contribution in [-0.2, 0) is 4.74 Å². The van der Waals surface area contributed by atoms with Gasteiger partial charge < -0.3 is 20.3 Å². The van der Waals surface area contributed by atoms with Crippen molar-refractivity contribution in [1.29, 1.82) is 0 Å². The van der Waals surface area contributed by atoms with Crippen LogP contribution < -0.4 is 5.32 Å². The van der Waals surface area contributed by atoms with Gasteiger partial charge in [0.1, 0.15) is 0 Å². The van der Waals surface area contributed by atoms with Crippen molar-refractivity contribution in [3.05, 3.63) is 22.4 Å². The van der Waals surface area contributed by atoms with Crippen molar-refractivity contribution < 1.29 is 14.9 Å². The van der Waals surface area contributed by atoms with Crippen LogP contribution >= 0.6 is 11.3 Å². The Labute approximate surface area is 117 Å². The highest BCUT2D eigenvalue weighted by molar-refractivity contribution is 7.07. The smallest absolute Gasteiger partial charge is 0.0922 e. The van der Waals surface area contributed by atoms with Crippen LogP contribution in [0.3, 0.4) is 0 Å². The molecule has 6 heteroatoms. The summed E-state index contributed by atoms with van der Waals surface area (Å²) in [4.78, 5) is 2.20. The van der Waals surface area contributed by atoms with E-state index in [0.717, 1.165) is 31.9 Å². The third-order valence-electron chi connectivity index (χ3n) is 3.22. The van der Waals surface area contributed by atoms with E-state index in [2.05, 4.69) is 10.2 Å². The summed E-state index contributed by atoms with van der Waals surface area (Å²) >= 11 is 1.58. The zero-order valence-corrected chi connectivity index (χ0v) is 11.8. The third-order valence-corrected chi connectivity index (χ3v) is 3.92. The molecule has 1 fully saturated rings. The minimum atomic E-state index is -0.498. The molecule has 0 amide bonds. The lowest BCUT2D eigenvalue weighted by molar-refractivity contribution is 0.0144. The number of nitrogens with zero attached hydrogens (tertiary/aromatic N) is 1. The second-order valence-electron chi connectivity index (χ2n) is 4.80. The normalized spacial score (nSPS) is 20.3. The maximum atomic E-state index is 9.92. The molecule has 0 aliphatic carbocycles. The molecule has 0 aromatic carbocycles. The minimum absolute atomic E-state index is 0.409. The van der Waals surface area contributed by atoms with E-state index < -0.39 is 12.2 Å². The molecule has 0 saturated carbocycles. The van der Waals surface area contributed by atoms with Crippen molar-refractivity contribution in [2.75, 3.05) is 45.9 Å². The molecule has 2 heterocycles. The van der Waals surface area contributed by atoms with E-state index in [-0.39, 0.29) is 0 Å². The van der Waals surface area contributed by atoms with Crippen LogP contribution in [0.25, 0.3) is 0 Å². The fourth-order valence-electron chi connectivity index (χ4n) is 2.12. The number of morpholine rings is 1. The lowest BCUT2D eigenvalue weighted by Gasteiger charge is -2.28. The van der Waals surface area contributed by atoms with Crippen LogP contribution in [0.4, 0.5) is 0 Å². The number of aliphatic hydroxyl groups is 2. The SMILES string of the molecule is OC(CNCC(O)c1ccsc1)CN1CCOCC1. The molecule has 108 valence electrons. The van der Waals surface area contributed by atoms with Crippen LogP contribution in [0, 0.1) is 0 Å². The molecule has 3 N–H and O–H groups in total.